The summed E-state index contributed by atoms with van der Waals surface area (Å²) >= 11 is 0. The van der Waals surface area contributed by atoms with Crippen LogP contribution in [0, 0.1) is 11.7 Å². The third kappa shape index (κ3) is 3.59. The number of nitrogens with zero attached hydrogens (tertiary/aromatic N) is 1. The van der Waals surface area contributed by atoms with Crippen LogP contribution in [-0.2, 0) is 4.79 Å². The maximum Gasteiger partial charge on any atom is 0.253 e. The minimum atomic E-state index is -0.332. The number of halogens is 1. The van der Waals surface area contributed by atoms with Crippen molar-refractivity contribution in [3.8, 4) is 11.3 Å². The van der Waals surface area contributed by atoms with Crippen molar-refractivity contribution in [3.63, 3.8) is 0 Å². The molecule has 3 rings (SSSR count). The summed E-state index contributed by atoms with van der Waals surface area (Å²) in [5.74, 6) is -1.04. The first-order valence-corrected chi connectivity index (χ1v) is 7.85. The summed E-state index contributed by atoms with van der Waals surface area (Å²) in [6, 6.07) is 9.43. The van der Waals surface area contributed by atoms with E-state index in [0.717, 1.165) is 6.42 Å². The molecule has 2 aromatic rings. The summed E-state index contributed by atoms with van der Waals surface area (Å²) < 4.78 is 13.3. The molecule has 24 heavy (non-hydrogen) atoms. The summed E-state index contributed by atoms with van der Waals surface area (Å²) in [6.07, 6.45) is 3.50. The Balaban J connectivity index is 1.65. The van der Waals surface area contributed by atoms with Gasteiger partial charge in [-0.25, -0.2) is 4.39 Å². The van der Waals surface area contributed by atoms with Crippen molar-refractivity contribution < 1.29 is 14.0 Å². The molecule has 1 saturated carbocycles. The van der Waals surface area contributed by atoms with Crippen LogP contribution < -0.4 is 11.1 Å². The predicted molar refractivity (Wildman–Crippen MR) is 87.4 cm³/mol. The Kier molecular flexibility index (Phi) is 4.55. The maximum atomic E-state index is 13.3. The van der Waals surface area contributed by atoms with Gasteiger partial charge in [0.05, 0.1) is 11.3 Å². The highest BCUT2D eigenvalue weighted by Gasteiger charge is 2.29. The van der Waals surface area contributed by atoms with Crippen LogP contribution in [0.4, 0.5) is 4.39 Å². The highest BCUT2D eigenvalue weighted by atomic mass is 19.1. The number of primary amides is 1. The number of nitrogens with one attached hydrogen (secondary N) is 1. The van der Waals surface area contributed by atoms with Gasteiger partial charge in [-0.05, 0) is 43.5 Å². The number of nitrogens with two attached hydrogens (primary N) is 1. The molecule has 1 aliphatic carbocycles. The number of hydrogen-bond acceptors (Lipinski definition) is 3. The molecule has 5 nitrogen and oxygen atoms in total. The smallest absolute Gasteiger partial charge is 0.253 e. The fraction of sp³-hybridized carbons (Fsp3) is 0.278. The van der Waals surface area contributed by atoms with E-state index in [4.69, 9.17) is 5.73 Å². The first-order chi connectivity index (χ1) is 11.5. The number of carbonyl (C=O) groups excluding carboxylic acids is 2. The van der Waals surface area contributed by atoms with E-state index >= 15 is 0 Å². The van der Waals surface area contributed by atoms with Crippen LogP contribution in [0.2, 0.25) is 0 Å². The van der Waals surface area contributed by atoms with Gasteiger partial charge in [0.25, 0.3) is 5.91 Å². The highest BCUT2D eigenvalue weighted by molar-refractivity contribution is 5.94. The Hall–Kier alpha value is -2.76. The number of rotatable bonds is 4. The molecule has 0 spiro atoms. The van der Waals surface area contributed by atoms with Crippen LogP contribution in [-0.4, -0.2) is 22.8 Å². The molecule has 1 fully saturated rings. The minimum Gasteiger partial charge on any atom is -0.369 e. The van der Waals surface area contributed by atoms with Gasteiger partial charge in [0.15, 0.2) is 0 Å². The van der Waals surface area contributed by atoms with Crippen molar-refractivity contribution in [3.05, 3.63) is 54.0 Å². The molecule has 6 heteroatoms. The van der Waals surface area contributed by atoms with E-state index in [9.17, 15) is 14.0 Å². The first kappa shape index (κ1) is 16.1. The second-order valence-corrected chi connectivity index (χ2v) is 6.03. The fourth-order valence-electron chi connectivity index (χ4n) is 2.99. The Morgan fingerprint density at radius 3 is 2.67 bits per heavy atom. The second-order valence-electron chi connectivity index (χ2n) is 6.03. The Labute approximate surface area is 139 Å². The first-order valence-electron chi connectivity index (χ1n) is 7.85. The maximum absolute atomic E-state index is 13.3. The fourth-order valence-corrected chi connectivity index (χ4v) is 2.99. The van der Waals surface area contributed by atoms with Gasteiger partial charge < -0.3 is 11.1 Å². The molecule has 1 heterocycles. The van der Waals surface area contributed by atoms with E-state index in [1.807, 2.05) is 0 Å². The molecular weight excluding hydrogens is 309 g/mol. The number of amides is 2. The second kappa shape index (κ2) is 6.78. The number of carbonyl (C=O) groups is 2. The van der Waals surface area contributed by atoms with Crippen LogP contribution >= 0.6 is 0 Å². The average molecular weight is 327 g/mol. The summed E-state index contributed by atoms with van der Waals surface area (Å²) in [7, 11) is 0. The van der Waals surface area contributed by atoms with Crippen molar-refractivity contribution in [2.45, 2.75) is 25.3 Å². The zero-order valence-electron chi connectivity index (χ0n) is 13.0. The van der Waals surface area contributed by atoms with Gasteiger partial charge >= 0.3 is 0 Å². The molecule has 0 aliphatic heterocycles. The van der Waals surface area contributed by atoms with Crippen LogP contribution in [0.1, 0.15) is 29.6 Å². The number of pyridine rings is 1. The monoisotopic (exact) mass is 327 g/mol. The number of hydrogen-bond donors (Lipinski definition) is 2. The molecule has 0 saturated heterocycles. The molecule has 1 aromatic heterocycles. The predicted octanol–water partition coefficient (Wildman–Crippen LogP) is 2.27. The third-order valence-corrected chi connectivity index (χ3v) is 4.32. The van der Waals surface area contributed by atoms with Gasteiger partial charge in [0, 0.05) is 23.7 Å². The summed E-state index contributed by atoms with van der Waals surface area (Å²) in [4.78, 5) is 27.7. The lowest BCUT2D eigenvalue weighted by Gasteiger charge is -2.12. The lowest BCUT2D eigenvalue weighted by molar-refractivity contribution is -0.121. The molecule has 1 aliphatic rings. The van der Waals surface area contributed by atoms with Crippen LogP contribution in [0.25, 0.3) is 11.3 Å². The highest BCUT2D eigenvalue weighted by Crippen LogP contribution is 2.25. The largest absolute Gasteiger partial charge is 0.369 e. The SMILES string of the molecule is NC(=O)[C@H]1CC[C@@H](NC(=O)c2ccc(-c3cccc(F)c3)nc2)C1. The molecule has 124 valence electrons. The summed E-state index contributed by atoms with van der Waals surface area (Å²) in [5.41, 5.74) is 6.98. The van der Waals surface area contributed by atoms with Crippen molar-refractivity contribution >= 4 is 11.8 Å². The molecule has 0 unspecified atom stereocenters. The van der Waals surface area contributed by atoms with Crippen molar-refractivity contribution in [2.75, 3.05) is 0 Å². The standard InChI is InChI=1S/C18H18FN3O2/c19-14-3-1-2-11(8-14)16-7-5-13(10-21-16)18(24)22-15-6-4-12(9-15)17(20)23/h1-3,5,7-8,10,12,15H,4,6,9H2,(H2,20,23)(H,22,24)/t12-,15+/m0/s1. The summed E-state index contributed by atoms with van der Waals surface area (Å²) in [6.45, 7) is 0. The lowest BCUT2D eigenvalue weighted by atomic mass is 10.1. The van der Waals surface area contributed by atoms with Crippen LogP contribution in [0.5, 0.6) is 0 Å². The van der Waals surface area contributed by atoms with Gasteiger partial charge in [-0.2, -0.15) is 0 Å². The van der Waals surface area contributed by atoms with Crippen molar-refractivity contribution in [1.82, 2.24) is 10.3 Å². The molecule has 1 aromatic carbocycles. The van der Waals surface area contributed by atoms with Crippen molar-refractivity contribution in [1.29, 1.82) is 0 Å². The van der Waals surface area contributed by atoms with Gasteiger partial charge in [0.2, 0.25) is 5.91 Å². The average Bonchev–Trinajstić information content (AvgIpc) is 3.04. The zero-order chi connectivity index (χ0) is 17.1. The van der Waals surface area contributed by atoms with E-state index < -0.39 is 0 Å². The molecule has 0 radical (unpaired) electrons. The van der Waals surface area contributed by atoms with E-state index in [1.54, 1.807) is 24.3 Å². The van der Waals surface area contributed by atoms with Gasteiger partial charge in [-0.1, -0.05) is 12.1 Å². The van der Waals surface area contributed by atoms with E-state index in [2.05, 4.69) is 10.3 Å². The Bertz CT molecular complexity index is 761. The Morgan fingerprint density at radius 1 is 1.21 bits per heavy atom. The number of benzene rings is 1. The Morgan fingerprint density at radius 2 is 2.04 bits per heavy atom. The van der Waals surface area contributed by atoms with Crippen LogP contribution in [0.3, 0.4) is 0 Å². The van der Waals surface area contributed by atoms with Gasteiger partial charge in [-0.3, -0.25) is 14.6 Å². The lowest BCUT2D eigenvalue weighted by Crippen LogP contribution is -2.33. The zero-order valence-corrected chi connectivity index (χ0v) is 13.0. The van der Waals surface area contributed by atoms with Gasteiger partial charge in [-0.15, -0.1) is 0 Å². The van der Waals surface area contributed by atoms with E-state index in [-0.39, 0.29) is 29.6 Å². The molecule has 3 N–H and O–H groups in total. The molecule has 2 atom stereocenters. The normalized spacial score (nSPS) is 19.9. The van der Waals surface area contributed by atoms with Crippen molar-refractivity contribution in [2.24, 2.45) is 11.7 Å². The van der Waals surface area contributed by atoms with Gasteiger partial charge in [0.1, 0.15) is 5.82 Å². The number of aromatic nitrogens is 1. The minimum absolute atomic E-state index is 0.0436. The molecule has 2 amide bonds. The molecular formula is C18H18FN3O2. The topological polar surface area (TPSA) is 85.1 Å². The third-order valence-electron chi connectivity index (χ3n) is 4.32. The summed E-state index contributed by atoms with van der Waals surface area (Å²) in [5, 5.41) is 2.90. The van der Waals surface area contributed by atoms with Crippen LogP contribution in [0.15, 0.2) is 42.6 Å². The van der Waals surface area contributed by atoms with E-state index in [1.165, 1.54) is 18.3 Å². The quantitative estimate of drug-likeness (QED) is 0.903. The van der Waals surface area contributed by atoms with E-state index in [0.29, 0.717) is 29.7 Å². The molecule has 0 bridgehead atoms.